The lowest BCUT2D eigenvalue weighted by Crippen LogP contribution is -2.27. The van der Waals surface area contributed by atoms with Crippen LogP contribution in [0.1, 0.15) is 28.6 Å². The Bertz CT molecular complexity index is 767. The molecule has 1 heterocycles. The molecule has 136 valence electrons. The number of benzene rings is 1. The lowest BCUT2D eigenvalue weighted by molar-refractivity contribution is -0.137. The number of amides is 2. The molecule has 0 bridgehead atoms. The molecule has 0 aliphatic rings. The molecule has 1 aromatic carbocycles. The predicted octanol–water partition coefficient (Wildman–Crippen LogP) is 3.08. The average molecular weight is 372 g/mol. The van der Waals surface area contributed by atoms with Crippen LogP contribution in [0.3, 0.4) is 0 Å². The Morgan fingerprint density at radius 2 is 1.92 bits per heavy atom. The molecule has 7 heteroatoms. The first-order valence-corrected chi connectivity index (χ1v) is 9.03. The average Bonchev–Trinajstić information content (AvgIpc) is 3.16. The molecule has 0 spiro atoms. The molecule has 0 saturated carbocycles. The van der Waals surface area contributed by atoms with Gasteiger partial charge in [0, 0.05) is 24.7 Å². The van der Waals surface area contributed by atoms with Crippen LogP contribution in [-0.2, 0) is 14.3 Å². The summed E-state index contributed by atoms with van der Waals surface area (Å²) < 4.78 is 4.81. The number of anilines is 1. The highest BCUT2D eigenvalue weighted by atomic mass is 32.1. The summed E-state index contributed by atoms with van der Waals surface area (Å²) in [6.45, 7) is 2.35. The van der Waals surface area contributed by atoms with Crippen molar-refractivity contribution in [2.45, 2.75) is 13.3 Å². The van der Waals surface area contributed by atoms with Gasteiger partial charge in [0.05, 0.1) is 11.5 Å². The zero-order valence-electron chi connectivity index (χ0n) is 14.4. The molecule has 0 radical (unpaired) electrons. The Morgan fingerprint density at radius 3 is 2.58 bits per heavy atom. The second-order valence-corrected chi connectivity index (χ2v) is 6.19. The van der Waals surface area contributed by atoms with Crippen molar-refractivity contribution in [3.05, 3.63) is 58.3 Å². The molecule has 26 heavy (non-hydrogen) atoms. The smallest absolute Gasteiger partial charge is 0.330 e. The molecule has 2 aromatic rings. The van der Waals surface area contributed by atoms with E-state index in [0.29, 0.717) is 17.2 Å². The number of esters is 1. The third-order valence-corrected chi connectivity index (χ3v) is 4.14. The Morgan fingerprint density at radius 1 is 1.15 bits per heavy atom. The van der Waals surface area contributed by atoms with E-state index < -0.39 is 5.97 Å². The number of carbonyl (C=O) groups is 3. The number of nitrogens with one attached hydrogen (secondary N) is 2. The Labute approximate surface area is 155 Å². The maximum Gasteiger partial charge on any atom is 0.330 e. The molecule has 0 saturated heterocycles. The molecule has 2 N–H and O–H groups in total. The van der Waals surface area contributed by atoms with Crippen LogP contribution in [0.25, 0.3) is 6.08 Å². The molecule has 0 fully saturated rings. The van der Waals surface area contributed by atoms with E-state index in [4.69, 9.17) is 4.74 Å². The molecular formula is C19H20N2O4S. The van der Waals surface area contributed by atoms with Crippen LogP contribution in [0.15, 0.2) is 47.9 Å². The van der Waals surface area contributed by atoms with Crippen LogP contribution in [0, 0.1) is 0 Å². The van der Waals surface area contributed by atoms with Gasteiger partial charge in [-0.15, -0.1) is 11.3 Å². The molecule has 0 aliphatic carbocycles. The number of rotatable bonds is 8. The van der Waals surface area contributed by atoms with Gasteiger partial charge < -0.3 is 15.4 Å². The number of ether oxygens (including phenoxy) is 1. The van der Waals surface area contributed by atoms with E-state index in [1.54, 1.807) is 49.4 Å². The van der Waals surface area contributed by atoms with Gasteiger partial charge in [0.25, 0.3) is 5.91 Å². The van der Waals surface area contributed by atoms with Crippen molar-refractivity contribution < 1.29 is 19.1 Å². The summed E-state index contributed by atoms with van der Waals surface area (Å²) in [5.74, 6) is -0.758. The van der Waals surface area contributed by atoms with E-state index in [-0.39, 0.29) is 24.8 Å². The lowest BCUT2D eigenvalue weighted by atomic mass is 10.2. The summed E-state index contributed by atoms with van der Waals surface area (Å²) in [6.07, 6.45) is 3.18. The molecule has 0 atom stereocenters. The Hall–Kier alpha value is -2.93. The minimum atomic E-state index is -0.394. The molecule has 2 rings (SSSR count). The zero-order valence-corrected chi connectivity index (χ0v) is 15.2. The van der Waals surface area contributed by atoms with Gasteiger partial charge in [0.2, 0.25) is 5.91 Å². The predicted molar refractivity (Wildman–Crippen MR) is 102 cm³/mol. The van der Waals surface area contributed by atoms with Crippen LogP contribution < -0.4 is 10.6 Å². The Balaban J connectivity index is 1.75. The van der Waals surface area contributed by atoms with Crippen LogP contribution in [0.2, 0.25) is 0 Å². The standard InChI is InChI=1S/C19H20N2O4S/c1-2-25-18(23)10-7-14-5-8-15(9-6-14)21-17(22)11-12-20-19(24)16-4-3-13-26-16/h3-10,13H,2,11-12H2,1H3,(H,20,24)(H,21,22)/b10-7+. The van der Waals surface area contributed by atoms with Gasteiger partial charge >= 0.3 is 5.97 Å². The van der Waals surface area contributed by atoms with E-state index >= 15 is 0 Å². The maximum absolute atomic E-state index is 11.9. The minimum Gasteiger partial charge on any atom is -0.463 e. The summed E-state index contributed by atoms with van der Waals surface area (Å²) in [5.41, 5.74) is 1.46. The number of hydrogen-bond acceptors (Lipinski definition) is 5. The summed E-state index contributed by atoms with van der Waals surface area (Å²) in [5, 5.41) is 7.29. The van der Waals surface area contributed by atoms with Crippen molar-refractivity contribution in [1.29, 1.82) is 0 Å². The van der Waals surface area contributed by atoms with Crippen LogP contribution in [0.5, 0.6) is 0 Å². The normalized spacial score (nSPS) is 10.5. The van der Waals surface area contributed by atoms with Crippen molar-refractivity contribution in [3.63, 3.8) is 0 Å². The highest BCUT2D eigenvalue weighted by molar-refractivity contribution is 7.12. The minimum absolute atomic E-state index is 0.175. The zero-order chi connectivity index (χ0) is 18.8. The highest BCUT2D eigenvalue weighted by Crippen LogP contribution is 2.11. The SMILES string of the molecule is CCOC(=O)/C=C/c1ccc(NC(=O)CCNC(=O)c2cccs2)cc1. The summed E-state index contributed by atoms with van der Waals surface area (Å²) in [6, 6.07) is 10.6. The third kappa shape index (κ3) is 6.52. The summed E-state index contributed by atoms with van der Waals surface area (Å²) in [4.78, 5) is 35.6. The quantitative estimate of drug-likeness (QED) is 0.551. The van der Waals surface area contributed by atoms with Crippen LogP contribution in [-0.4, -0.2) is 30.9 Å². The fourth-order valence-electron chi connectivity index (χ4n) is 2.04. The first kappa shape index (κ1) is 19.4. The second kappa shape index (κ2) is 10.1. The number of carbonyl (C=O) groups excluding carboxylic acids is 3. The van der Waals surface area contributed by atoms with Gasteiger partial charge in [-0.25, -0.2) is 4.79 Å². The molecule has 0 aliphatic heterocycles. The number of hydrogen-bond donors (Lipinski definition) is 2. The lowest BCUT2D eigenvalue weighted by Gasteiger charge is -2.06. The monoisotopic (exact) mass is 372 g/mol. The molecule has 2 amide bonds. The fourth-order valence-corrected chi connectivity index (χ4v) is 2.68. The van der Waals surface area contributed by atoms with Gasteiger partial charge in [-0.3, -0.25) is 9.59 Å². The van der Waals surface area contributed by atoms with Gasteiger partial charge in [0.1, 0.15) is 0 Å². The maximum atomic E-state index is 11.9. The summed E-state index contributed by atoms with van der Waals surface area (Å²) in [7, 11) is 0. The molecule has 0 unspecified atom stereocenters. The van der Waals surface area contributed by atoms with Crippen molar-refractivity contribution >= 4 is 40.9 Å². The topological polar surface area (TPSA) is 84.5 Å². The Kier molecular flexibility index (Phi) is 7.57. The second-order valence-electron chi connectivity index (χ2n) is 5.24. The van der Waals surface area contributed by atoms with Crippen LogP contribution in [0.4, 0.5) is 5.69 Å². The fraction of sp³-hybridized carbons (Fsp3) is 0.211. The van der Waals surface area contributed by atoms with Crippen molar-refractivity contribution in [3.8, 4) is 0 Å². The van der Waals surface area contributed by atoms with Gasteiger partial charge in [-0.2, -0.15) is 0 Å². The van der Waals surface area contributed by atoms with Gasteiger partial charge in [0.15, 0.2) is 0 Å². The highest BCUT2D eigenvalue weighted by Gasteiger charge is 2.07. The summed E-state index contributed by atoms with van der Waals surface area (Å²) >= 11 is 1.36. The largest absolute Gasteiger partial charge is 0.463 e. The third-order valence-electron chi connectivity index (χ3n) is 3.28. The molecule has 6 nitrogen and oxygen atoms in total. The van der Waals surface area contributed by atoms with Crippen molar-refractivity contribution in [2.24, 2.45) is 0 Å². The molecule has 1 aromatic heterocycles. The van der Waals surface area contributed by atoms with E-state index in [0.717, 1.165) is 5.56 Å². The molecular weight excluding hydrogens is 352 g/mol. The number of thiophene rings is 1. The van der Waals surface area contributed by atoms with E-state index in [1.807, 2.05) is 5.38 Å². The first-order valence-electron chi connectivity index (χ1n) is 8.15. The first-order chi connectivity index (χ1) is 12.6. The van der Waals surface area contributed by atoms with E-state index in [9.17, 15) is 14.4 Å². The van der Waals surface area contributed by atoms with E-state index in [2.05, 4.69) is 10.6 Å². The van der Waals surface area contributed by atoms with Crippen molar-refractivity contribution in [1.82, 2.24) is 5.32 Å². The van der Waals surface area contributed by atoms with Gasteiger partial charge in [-0.05, 0) is 42.1 Å². The van der Waals surface area contributed by atoms with Crippen LogP contribution >= 0.6 is 11.3 Å². The van der Waals surface area contributed by atoms with Gasteiger partial charge in [-0.1, -0.05) is 18.2 Å². The van der Waals surface area contributed by atoms with Crippen molar-refractivity contribution in [2.75, 3.05) is 18.5 Å². The van der Waals surface area contributed by atoms with E-state index in [1.165, 1.54) is 17.4 Å².